The minimum Gasteiger partial charge on any atom is -0.369 e. The third-order valence-electron chi connectivity index (χ3n) is 4.27. The van der Waals surface area contributed by atoms with Crippen LogP contribution in [0.25, 0.3) is 10.9 Å². The fraction of sp³-hybridized carbons (Fsp3) is 0.158. The van der Waals surface area contributed by atoms with E-state index in [4.69, 9.17) is 11.5 Å². The Bertz CT molecular complexity index is 927. The standard InChI is InChI=1S/C19H19N3O2/c1-12-15(10-18(20)23)16-9-14(19(21)24)7-8-17(16)22(12)11-13-5-3-2-4-6-13/h2-9H,10-11H2,1H3,(H2,20,23)(H2,21,24). The second kappa shape index (κ2) is 6.20. The van der Waals surface area contributed by atoms with Crippen LogP contribution in [0, 0.1) is 6.92 Å². The average Bonchev–Trinajstić information content (AvgIpc) is 2.80. The molecule has 1 aromatic heterocycles. The number of rotatable bonds is 5. The van der Waals surface area contributed by atoms with Gasteiger partial charge in [0.25, 0.3) is 0 Å². The fourth-order valence-electron chi connectivity index (χ4n) is 3.07. The zero-order valence-corrected chi connectivity index (χ0v) is 13.5. The Labute approximate surface area is 139 Å². The predicted octanol–water partition coefficient (Wildman–Crippen LogP) is 2.12. The molecule has 3 aromatic rings. The molecule has 4 N–H and O–H groups in total. The lowest BCUT2D eigenvalue weighted by molar-refractivity contribution is -0.117. The highest BCUT2D eigenvalue weighted by Crippen LogP contribution is 2.28. The second-order valence-corrected chi connectivity index (χ2v) is 5.87. The second-order valence-electron chi connectivity index (χ2n) is 5.87. The van der Waals surface area contributed by atoms with E-state index in [0.29, 0.717) is 12.1 Å². The SMILES string of the molecule is Cc1c(CC(N)=O)c2cc(C(N)=O)ccc2n1Cc1ccccc1. The number of carbonyl (C=O) groups is 2. The molecule has 0 saturated heterocycles. The summed E-state index contributed by atoms with van der Waals surface area (Å²) in [5.74, 6) is -0.892. The van der Waals surface area contributed by atoms with Crippen molar-refractivity contribution >= 4 is 22.7 Å². The highest BCUT2D eigenvalue weighted by atomic mass is 16.1. The van der Waals surface area contributed by atoms with Crippen molar-refractivity contribution in [1.29, 1.82) is 0 Å². The molecule has 0 aliphatic rings. The Hall–Kier alpha value is -3.08. The van der Waals surface area contributed by atoms with Crippen molar-refractivity contribution in [3.8, 4) is 0 Å². The minimum atomic E-state index is -0.490. The van der Waals surface area contributed by atoms with E-state index in [1.54, 1.807) is 12.1 Å². The first-order valence-corrected chi connectivity index (χ1v) is 7.71. The van der Waals surface area contributed by atoms with Crippen LogP contribution in [0.1, 0.15) is 27.2 Å². The molecule has 0 fully saturated rings. The number of amides is 2. The molecule has 24 heavy (non-hydrogen) atoms. The lowest BCUT2D eigenvalue weighted by atomic mass is 10.0. The normalized spacial score (nSPS) is 10.9. The van der Waals surface area contributed by atoms with Crippen LogP contribution >= 0.6 is 0 Å². The van der Waals surface area contributed by atoms with Gasteiger partial charge in [-0.05, 0) is 36.2 Å². The van der Waals surface area contributed by atoms with E-state index >= 15 is 0 Å². The van der Waals surface area contributed by atoms with Gasteiger partial charge >= 0.3 is 0 Å². The lowest BCUT2D eigenvalue weighted by Gasteiger charge is -2.09. The number of hydrogen-bond acceptors (Lipinski definition) is 2. The summed E-state index contributed by atoms with van der Waals surface area (Å²) in [7, 11) is 0. The maximum atomic E-state index is 11.5. The van der Waals surface area contributed by atoms with Crippen molar-refractivity contribution in [2.45, 2.75) is 19.9 Å². The van der Waals surface area contributed by atoms with E-state index in [1.165, 1.54) is 0 Å². The molecule has 0 radical (unpaired) electrons. The zero-order chi connectivity index (χ0) is 17.3. The van der Waals surface area contributed by atoms with Crippen molar-refractivity contribution in [2.24, 2.45) is 11.5 Å². The highest BCUT2D eigenvalue weighted by Gasteiger charge is 2.17. The largest absolute Gasteiger partial charge is 0.369 e. The third-order valence-corrected chi connectivity index (χ3v) is 4.27. The summed E-state index contributed by atoms with van der Waals surface area (Å²) in [5, 5.41) is 0.846. The summed E-state index contributed by atoms with van der Waals surface area (Å²) < 4.78 is 2.13. The number of hydrogen-bond donors (Lipinski definition) is 2. The molecule has 2 aromatic carbocycles. The van der Waals surface area contributed by atoms with Gasteiger partial charge in [0.15, 0.2) is 0 Å². The summed E-state index contributed by atoms with van der Waals surface area (Å²) in [6.45, 7) is 2.64. The maximum absolute atomic E-state index is 11.5. The van der Waals surface area contributed by atoms with Gasteiger partial charge in [-0.25, -0.2) is 0 Å². The predicted molar refractivity (Wildman–Crippen MR) is 93.6 cm³/mol. The molecule has 1 heterocycles. The van der Waals surface area contributed by atoms with Crippen LogP contribution in [0.3, 0.4) is 0 Å². The number of nitrogens with two attached hydrogens (primary N) is 2. The molecule has 0 saturated carbocycles. The van der Waals surface area contributed by atoms with Gasteiger partial charge in [0.2, 0.25) is 11.8 Å². The van der Waals surface area contributed by atoms with Crippen LogP contribution in [0.5, 0.6) is 0 Å². The Kier molecular flexibility index (Phi) is 4.08. The number of aromatic nitrogens is 1. The summed E-state index contributed by atoms with van der Waals surface area (Å²) >= 11 is 0. The van der Waals surface area contributed by atoms with E-state index in [0.717, 1.165) is 27.7 Å². The third kappa shape index (κ3) is 2.88. The van der Waals surface area contributed by atoms with Crippen LogP contribution in [-0.2, 0) is 17.8 Å². The van der Waals surface area contributed by atoms with Crippen molar-refractivity contribution < 1.29 is 9.59 Å². The molecule has 122 valence electrons. The summed E-state index contributed by atoms with van der Waals surface area (Å²) in [6.07, 6.45) is 0.131. The fourth-order valence-corrected chi connectivity index (χ4v) is 3.07. The molecule has 0 aliphatic heterocycles. The smallest absolute Gasteiger partial charge is 0.248 e. The molecule has 3 rings (SSSR count). The van der Waals surface area contributed by atoms with Gasteiger partial charge in [0.05, 0.1) is 6.42 Å². The summed E-state index contributed by atoms with van der Waals surface area (Å²) in [5.41, 5.74) is 15.1. The Balaban J connectivity index is 2.19. The van der Waals surface area contributed by atoms with E-state index < -0.39 is 11.8 Å². The number of fused-ring (bicyclic) bond motifs is 1. The number of nitrogens with zero attached hydrogens (tertiary/aromatic N) is 1. The minimum absolute atomic E-state index is 0.131. The molecular formula is C19H19N3O2. The quantitative estimate of drug-likeness (QED) is 0.753. The molecule has 2 amide bonds. The van der Waals surface area contributed by atoms with E-state index in [9.17, 15) is 9.59 Å². The summed E-state index contributed by atoms with van der Waals surface area (Å²) in [6, 6.07) is 15.4. The number of benzene rings is 2. The van der Waals surface area contributed by atoms with Crippen LogP contribution in [0.2, 0.25) is 0 Å². The number of primary amides is 2. The van der Waals surface area contributed by atoms with Crippen molar-refractivity contribution in [1.82, 2.24) is 4.57 Å². The molecule has 0 unspecified atom stereocenters. The Morgan fingerprint density at radius 3 is 2.38 bits per heavy atom. The topological polar surface area (TPSA) is 91.1 Å². The average molecular weight is 321 g/mol. The molecule has 0 bridgehead atoms. The maximum Gasteiger partial charge on any atom is 0.248 e. The zero-order valence-electron chi connectivity index (χ0n) is 13.5. The molecule has 0 aliphatic carbocycles. The van der Waals surface area contributed by atoms with E-state index in [-0.39, 0.29) is 6.42 Å². The van der Waals surface area contributed by atoms with Gasteiger partial charge in [-0.2, -0.15) is 0 Å². The first kappa shape index (κ1) is 15.8. The van der Waals surface area contributed by atoms with Gasteiger partial charge in [0.1, 0.15) is 0 Å². The molecule has 5 heteroatoms. The molecule has 5 nitrogen and oxygen atoms in total. The Morgan fingerprint density at radius 2 is 1.75 bits per heavy atom. The van der Waals surface area contributed by atoms with Crippen LogP contribution < -0.4 is 11.5 Å². The molecule has 0 atom stereocenters. The van der Waals surface area contributed by atoms with Crippen LogP contribution in [0.4, 0.5) is 0 Å². The van der Waals surface area contributed by atoms with E-state index in [1.807, 2.05) is 31.2 Å². The van der Waals surface area contributed by atoms with Crippen molar-refractivity contribution in [3.63, 3.8) is 0 Å². The lowest BCUT2D eigenvalue weighted by Crippen LogP contribution is -2.14. The molecular weight excluding hydrogens is 302 g/mol. The summed E-state index contributed by atoms with van der Waals surface area (Å²) in [4.78, 5) is 23.0. The van der Waals surface area contributed by atoms with Crippen LogP contribution in [-0.4, -0.2) is 16.4 Å². The highest BCUT2D eigenvalue weighted by molar-refractivity contribution is 5.99. The number of carbonyl (C=O) groups excluding carboxylic acids is 2. The van der Waals surface area contributed by atoms with Crippen LogP contribution in [0.15, 0.2) is 48.5 Å². The van der Waals surface area contributed by atoms with Gasteiger partial charge in [-0.3, -0.25) is 9.59 Å². The van der Waals surface area contributed by atoms with E-state index in [2.05, 4.69) is 16.7 Å². The Morgan fingerprint density at radius 1 is 1.04 bits per heavy atom. The van der Waals surface area contributed by atoms with Gasteiger partial charge < -0.3 is 16.0 Å². The van der Waals surface area contributed by atoms with Gasteiger partial charge in [-0.1, -0.05) is 30.3 Å². The van der Waals surface area contributed by atoms with Crippen molar-refractivity contribution in [3.05, 3.63) is 70.9 Å². The van der Waals surface area contributed by atoms with Gasteiger partial charge in [0, 0.05) is 28.7 Å². The first-order valence-electron chi connectivity index (χ1n) is 7.71. The first-order chi connectivity index (χ1) is 11.5. The molecule has 0 spiro atoms. The van der Waals surface area contributed by atoms with Crippen molar-refractivity contribution in [2.75, 3.05) is 0 Å². The van der Waals surface area contributed by atoms with Gasteiger partial charge in [-0.15, -0.1) is 0 Å². The monoisotopic (exact) mass is 321 g/mol.